The maximum Gasteiger partial charge on any atom is 0.223 e. The van der Waals surface area contributed by atoms with E-state index in [1.165, 1.54) is 0 Å². The van der Waals surface area contributed by atoms with Crippen LogP contribution in [-0.2, 0) is 11.3 Å². The quantitative estimate of drug-likeness (QED) is 0.794. The van der Waals surface area contributed by atoms with Gasteiger partial charge in [0, 0.05) is 18.0 Å². The van der Waals surface area contributed by atoms with Crippen LogP contribution in [0.3, 0.4) is 0 Å². The van der Waals surface area contributed by atoms with Crippen molar-refractivity contribution in [1.82, 2.24) is 10.5 Å². The first kappa shape index (κ1) is 11.1. The fourth-order valence-corrected chi connectivity index (χ4v) is 2.03. The summed E-state index contributed by atoms with van der Waals surface area (Å²) >= 11 is 0. The Balaban J connectivity index is 1.75. The lowest BCUT2D eigenvalue weighted by Gasteiger charge is -2.24. The number of rotatable bonds is 3. The van der Waals surface area contributed by atoms with Gasteiger partial charge in [-0.3, -0.25) is 4.79 Å². The Kier molecular flexibility index (Phi) is 3.56. The summed E-state index contributed by atoms with van der Waals surface area (Å²) in [6.45, 7) is 0.418. The van der Waals surface area contributed by atoms with Gasteiger partial charge in [0.2, 0.25) is 5.91 Å². The zero-order chi connectivity index (χ0) is 11.4. The van der Waals surface area contributed by atoms with E-state index in [1.807, 2.05) is 0 Å². The molecule has 1 amide bonds. The standard InChI is InChI=1S/C11H17N3O2/c12-9-3-1-8(2-4-9)11(15)13-7-10-5-6-14-16-10/h5-6,8-9H,1-4,7,12H2,(H,13,15). The molecule has 0 aromatic carbocycles. The topological polar surface area (TPSA) is 81.2 Å². The molecule has 1 heterocycles. The lowest BCUT2D eigenvalue weighted by atomic mass is 9.86. The third kappa shape index (κ3) is 2.82. The van der Waals surface area contributed by atoms with Crippen molar-refractivity contribution in [3.8, 4) is 0 Å². The highest BCUT2D eigenvalue weighted by Gasteiger charge is 2.24. The molecule has 0 aliphatic heterocycles. The molecular formula is C11H17N3O2. The summed E-state index contributed by atoms with van der Waals surface area (Å²) in [7, 11) is 0. The van der Waals surface area contributed by atoms with Crippen LogP contribution in [0, 0.1) is 5.92 Å². The molecule has 5 nitrogen and oxygen atoms in total. The van der Waals surface area contributed by atoms with Crippen LogP contribution in [0.1, 0.15) is 31.4 Å². The van der Waals surface area contributed by atoms with Crippen molar-refractivity contribution < 1.29 is 9.32 Å². The summed E-state index contributed by atoms with van der Waals surface area (Å²) in [5, 5.41) is 6.44. The molecule has 16 heavy (non-hydrogen) atoms. The molecule has 5 heteroatoms. The van der Waals surface area contributed by atoms with Gasteiger partial charge < -0.3 is 15.6 Å². The third-order valence-electron chi connectivity index (χ3n) is 3.07. The van der Waals surface area contributed by atoms with Crippen LogP contribution in [0.15, 0.2) is 16.8 Å². The van der Waals surface area contributed by atoms with Crippen LogP contribution in [0.2, 0.25) is 0 Å². The van der Waals surface area contributed by atoms with Crippen LogP contribution in [0.5, 0.6) is 0 Å². The number of carbonyl (C=O) groups excluding carboxylic acids is 1. The van der Waals surface area contributed by atoms with E-state index in [9.17, 15) is 4.79 Å². The van der Waals surface area contributed by atoms with Gasteiger partial charge in [0.05, 0.1) is 12.7 Å². The highest BCUT2D eigenvalue weighted by Crippen LogP contribution is 2.23. The van der Waals surface area contributed by atoms with Crippen molar-refractivity contribution in [1.29, 1.82) is 0 Å². The molecule has 0 spiro atoms. The van der Waals surface area contributed by atoms with Gasteiger partial charge in [-0.2, -0.15) is 0 Å². The number of nitrogens with zero attached hydrogens (tertiary/aromatic N) is 1. The van der Waals surface area contributed by atoms with Crippen molar-refractivity contribution in [3.05, 3.63) is 18.0 Å². The van der Waals surface area contributed by atoms with Gasteiger partial charge in [-0.15, -0.1) is 0 Å². The highest BCUT2D eigenvalue weighted by atomic mass is 16.5. The van der Waals surface area contributed by atoms with E-state index in [-0.39, 0.29) is 17.9 Å². The van der Waals surface area contributed by atoms with Crippen molar-refractivity contribution in [2.75, 3.05) is 0 Å². The summed E-state index contributed by atoms with van der Waals surface area (Å²) in [5.74, 6) is 0.895. The van der Waals surface area contributed by atoms with Gasteiger partial charge >= 0.3 is 0 Å². The number of nitrogens with two attached hydrogens (primary N) is 1. The molecule has 0 saturated heterocycles. The molecule has 1 fully saturated rings. The van der Waals surface area contributed by atoms with Crippen molar-refractivity contribution in [2.45, 2.75) is 38.3 Å². The SMILES string of the molecule is NC1CCC(C(=O)NCc2ccno2)CC1. The lowest BCUT2D eigenvalue weighted by Crippen LogP contribution is -2.35. The Labute approximate surface area is 94.4 Å². The van der Waals surface area contributed by atoms with E-state index in [0.717, 1.165) is 25.7 Å². The second-order valence-electron chi connectivity index (χ2n) is 4.31. The fourth-order valence-electron chi connectivity index (χ4n) is 2.03. The molecule has 0 radical (unpaired) electrons. The molecule has 0 atom stereocenters. The minimum Gasteiger partial charge on any atom is -0.360 e. The van der Waals surface area contributed by atoms with Gasteiger partial charge in [0.25, 0.3) is 0 Å². The molecule has 1 aliphatic rings. The number of amides is 1. The Morgan fingerprint density at radius 2 is 2.25 bits per heavy atom. The maximum absolute atomic E-state index is 11.8. The lowest BCUT2D eigenvalue weighted by molar-refractivity contribution is -0.126. The van der Waals surface area contributed by atoms with E-state index in [0.29, 0.717) is 12.3 Å². The van der Waals surface area contributed by atoms with E-state index in [1.54, 1.807) is 12.3 Å². The number of hydrogen-bond acceptors (Lipinski definition) is 4. The number of carbonyl (C=O) groups is 1. The van der Waals surface area contributed by atoms with Crippen LogP contribution >= 0.6 is 0 Å². The van der Waals surface area contributed by atoms with Crippen molar-refractivity contribution >= 4 is 5.91 Å². The van der Waals surface area contributed by atoms with E-state index in [4.69, 9.17) is 10.3 Å². The summed E-state index contributed by atoms with van der Waals surface area (Å²) in [6.07, 6.45) is 5.24. The summed E-state index contributed by atoms with van der Waals surface area (Å²) < 4.78 is 4.90. The summed E-state index contributed by atoms with van der Waals surface area (Å²) in [4.78, 5) is 11.8. The first-order valence-electron chi connectivity index (χ1n) is 5.68. The molecule has 0 bridgehead atoms. The monoisotopic (exact) mass is 223 g/mol. The zero-order valence-electron chi connectivity index (χ0n) is 9.19. The Hall–Kier alpha value is -1.36. The van der Waals surface area contributed by atoms with Crippen LogP contribution in [-0.4, -0.2) is 17.1 Å². The van der Waals surface area contributed by atoms with Crippen molar-refractivity contribution in [3.63, 3.8) is 0 Å². The largest absolute Gasteiger partial charge is 0.360 e. The van der Waals surface area contributed by atoms with Crippen LogP contribution < -0.4 is 11.1 Å². The van der Waals surface area contributed by atoms with E-state index in [2.05, 4.69) is 10.5 Å². The van der Waals surface area contributed by atoms with E-state index >= 15 is 0 Å². The molecule has 3 N–H and O–H groups in total. The average molecular weight is 223 g/mol. The fraction of sp³-hybridized carbons (Fsp3) is 0.636. The first-order chi connectivity index (χ1) is 7.75. The Bertz CT molecular complexity index is 329. The molecule has 1 aliphatic carbocycles. The number of nitrogens with one attached hydrogen (secondary N) is 1. The Morgan fingerprint density at radius 3 is 2.88 bits per heavy atom. The van der Waals surface area contributed by atoms with Crippen molar-refractivity contribution in [2.24, 2.45) is 11.7 Å². The van der Waals surface area contributed by atoms with Gasteiger partial charge in [0.15, 0.2) is 5.76 Å². The minimum atomic E-state index is 0.100. The Morgan fingerprint density at radius 1 is 1.50 bits per heavy atom. The van der Waals surface area contributed by atoms with Gasteiger partial charge in [-0.25, -0.2) is 0 Å². The normalized spacial score (nSPS) is 25.3. The molecule has 88 valence electrons. The molecule has 1 aromatic rings. The molecule has 0 unspecified atom stereocenters. The van der Waals surface area contributed by atoms with Crippen LogP contribution in [0.4, 0.5) is 0 Å². The predicted molar refractivity (Wildman–Crippen MR) is 58.3 cm³/mol. The third-order valence-corrected chi connectivity index (χ3v) is 3.07. The second kappa shape index (κ2) is 5.12. The number of hydrogen-bond donors (Lipinski definition) is 2. The molecular weight excluding hydrogens is 206 g/mol. The smallest absolute Gasteiger partial charge is 0.223 e. The van der Waals surface area contributed by atoms with Gasteiger partial charge in [-0.1, -0.05) is 5.16 Å². The summed E-state index contributed by atoms with van der Waals surface area (Å²) in [5.41, 5.74) is 5.79. The number of aromatic nitrogens is 1. The summed E-state index contributed by atoms with van der Waals surface area (Å²) in [6, 6.07) is 2.02. The maximum atomic E-state index is 11.8. The minimum absolute atomic E-state index is 0.100. The average Bonchev–Trinajstić information content (AvgIpc) is 2.80. The molecule has 2 rings (SSSR count). The molecule has 1 saturated carbocycles. The van der Waals surface area contributed by atoms with Crippen LogP contribution in [0.25, 0.3) is 0 Å². The molecule has 1 aromatic heterocycles. The highest BCUT2D eigenvalue weighted by molar-refractivity contribution is 5.78. The van der Waals surface area contributed by atoms with E-state index < -0.39 is 0 Å². The predicted octanol–water partition coefficient (Wildman–Crippen LogP) is 0.808. The first-order valence-corrected chi connectivity index (χ1v) is 5.68. The van der Waals surface area contributed by atoms with Gasteiger partial charge in [-0.05, 0) is 25.7 Å². The zero-order valence-corrected chi connectivity index (χ0v) is 9.19. The van der Waals surface area contributed by atoms with Gasteiger partial charge in [0.1, 0.15) is 0 Å². The second-order valence-corrected chi connectivity index (χ2v) is 4.31.